The van der Waals surface area contributed by atoms with Gasteiger partial charge in [-0.3, -0.25) is 4.79 Å². The number of hydrogen-bond donors (Lipinski definition) is 1. The maximum absolute atomic E-state index is 12.8. The van der Waals surface area contributed by atoms with Crippen LogP contribution in [0.3, 0.4) is 0 Å². The summed E-state index contributed by atoms with van der Waals surface area (Å²) >= 11 is 0. The van der Waals surface area contributed by atoms with Crippen LogP contribution in [0.5, 0.6) is 0 Å². The van der Waals surface area contributed by atoms with Gasteiger partial charge in [0.2, 0.25) is 0 Å². The summed E-state index contributed by atoms with van der Waals surface area (Å²) in [6.45, 7) is 4.87. The van der Waals surface area contributed by atoms with E-state index in [1.54, 1.807) is 0 Å². The highest BCUT2D eigenvalue weighted by atomic mass is 16.2. The minimum absolute atomic E-state index is 0.183. The lowest BCUT2D eigenvalue weighted by Crippen LogP contribution is -2.44. The summed E-state index contributed by atoms with van der Waals surface area (Å²) in [5.74, 6) is 0.183. The quantitative estimate of drug-likeness (QED) is 0.928. The van der Waals surface area contributed by atoms with Gasteiger partial charge in [-0.05, 0) is 56.5 Å². The van der Waals surface area contributed by atoms with Gasteiger partial charge in [0, 0.05) is 31.2 Å². The van der Waals surface area contributed by atoms with Gasteiger partial charge in [0.1, 0.15) is 0 Å². The molecule has 4 heteroatoms. The number of amides is 1. The zero-order valence-electron chi connectivity index (χ0n) is 13.3. The molecule has 0 spiro atoms. The van der Waals surface area contributed by atoms with E-state index in [0.29, 0.717) is 12.6 Å². The van der Waals surface area contributed by atoms with Crippen LogP contribution in [0.1, 0.15) is 48.0 Å². The highest BCUT2D eigenvalue weighted by molar-refractivity contribution is 5.94. The Kier molecular flexibility index (Phi) is 5.11. The van der Waals surface area contributed by atoms with E-state index in [1.165, 1.54) is 32.4 Å². The first-order valence-corrected chi connectivity index (χ1v) is 8.60. The number of likely N-dealkylation sites (tertiary alicyclic amines) is 2. The second-order valence-corrected chi connectivity index (χ2v) is 6.56. The van der Waals surface area contributed by atoms with Crippen molar-refractivity contribution in [1.29, 1.82) is 0 Å². The largest absolute Gasteiger partial charge is 0.334 e. The average Bonchev–Trinajstić information content (AvgIpc) is 3.03. The zero-order valence-corrected chi connectivity index (χ0v) is 13.3. The van der Waals surface area contributed by atoms with Crippen LogP contribution in [0, 0.1) is 0 Å². The van der Waals surface area contributed by atoms with Crippen LogP contribution < -0.4 is 5.73 Å². The third-order valence-corrected chi connectivity index (χ3v) is 4.99. The summed E-state index contributed by atoms with van der Waals surface area (Å²) in [4.78, 5) is 17.4. The van der Waals surface area contributed by atoms with Gasteiger partial charge in [0.25, 0.3) is 5.91 Å². The van der Waals surface area contributed by atoms with Crippen molar-refractivity contribution in [3.05, 3.63) is 35.4 Å². The van der Waals surface area contributed by atoms with Crippen LogP contribution in [0.4, 0.5) is 0 Å². The van der Waals surface area contributed by atoms with Crippen LogP contribution >= 0.6 is 0 Å². The van der Waals surface area contributed by atoms with Crippen LogP contribution in [-0.2, 0) is 6.54 Å². The molecule has 0 radical (unpaired) electrons. The van der Waals surface area contributed by atoms with E-state index >= 15 is 0 Å². The van der Waals surface area contributed by atoms with E-state index in [-0.39, 0.29) is 5.91 Å². The highest BCUT2D eigenvalue weighted by Crippen LogP contribution is 2.22. The van der Waals surface area contributed by atoms with Crippen molar-refractivity contribution in [3.63, 3.8) is 0 Å². The molecule has 2 heterocycles. The second-order valence-electron chi connectivity index (χ2n) is 6.56. The standard InChI is InChI=1S/C18H27N3O/c19-13-15-6-8-16(9-7-15)18(22)21-12-4-5-17(21)14-20-10-2-1-3-11-20/h6-9,17H,1-5,10-14,19H2. The molecule has 22 heavy (non-hydrogen) atoms. The Morgan fingerprint density at radius 3 is 2.45 bits per heavy atom. The molecule has 120 valence electrons. The van der Waals surface area contributed by atoms with Gasteiger partial charge in [0.15, 0.2) is 0 Å². The molecule has 0 saturated carbocycles. The number of piperidine rings is 1. The molecule has 2 N–H and O–H groups in total. The number of carbonyl (C=O) groups excluding carboxylic acids is 1. The summed E-state index contributed by atoms with van der Waals surface area (Å²) in [5.41, 5.74) is 7.49. The highest BCUT2D eigenvalue weighted by Gasteiger charge is 2.30. The summed E-state index contributed by atoms with van der Waals surface area (Å²) in [5, 5.41) is 0. The van der Waals surface area contributed by atoms with Crippen molar-refractivity contribution in [2.24, 2.45) is 5.73 Å². The molecule has 1 aromatic carbocycles. The summed E-state index contributed by atoms with van der Waals surface area (Å²) in [7, 11) is 0. The minimum atomic E-state index is 0.183. The monoisotopic (exact) mass is 301 g/mol. The van der Waals surface area contributed by atoms with E-state index in [9.17, 15) is 4.79 Å². The normalized spacial score (nSPS) is 23.0. The van der Waals surface area contributed by atoms with Gasteiger partial charge in [-0.15, -0.1) is 0 Å². The van der Waals surface area contributed by atoms with Gasteiger partial charge in [0.05, 0.1) is 0 Å². The Bertz CT molecular complexity index is 494. The molecule has 2 saturated heterocycles. The molecule has 2 aliphatic heterocycles. The van der Waals surface area contributed by atoms with E-state index in [0.717, 1.165) is 37.1 Å². The first-order chi connectivity index (χ1) is 10.8. The van der Waals surface area contributed by atoms with E-state index in [2.05, 4.69) is 9.80 Å². The molecule has 1 atom stereocenters. The number of carbonyl (C=O) groups is 1. The molecule has 4 nitrogen and oxygen atoms in total. The zero-order chi connectivity index (χ0) is 15.4. The fraction of sp³-hybridized carbons (Fsp3) is 0.611. The molecule has 1 amide bonds. The van der Waals surface area contributed by atoms with Crippen LogP contribution in [0.25, 0.3) is 0 Å². The lowest BCUT2D eigenvalue weighted by Gasteiger charge is -2.33. The Balaban J connectivity index is 1.64. The molecule has 2 aliphatic rings. The number of rotatable bonds is 4. The van der Waals surface area contributed by atoms with Gasteiger partial charge >= 0.3 is 0 Å². The number of nitrogens with two attached hydrogens (primary N) is 1. The Labute approximate surface area is 133 Å². The fourth-order valence-electron chi connectivity index (χ4n) is 3.68. The molecule has 0 aromatic heterocycles. The molecular formula is C18H27N3O. The van der Waals surface area contributed by atoms with Crippen molar-refractivity contribution < 1.29 is 4.79 Å². The Morgan fingerprint density at radius 1 is 1.05 bits per heavy atom. The Hall–Kier alpha value is -1.39. The lowest BCUT2D eigenvalue weighted by molar-refractivity contribution is 0.0690. The maximum Gasteiger partial charge on any atom is 0.254 e. The third kappa shape index (κ3) is 3.50. The summed E-state index contributed by atoms with van der Waals surface area (Å²) in [6.07, 6.45) is 6.24. The van der Waals surface area contributed by atoms with Crippen molar-refractivity contribution in [3.8, 4) is 0 Å². The van der Waals surface area contributed by atoms with Crippen molar-refractivity contribution in [2.45, 2.75) is 44.7 Å². The first-order valence-electron chi connectivity index (χ1n) is 8.60. The summed E-state index contributed by atoms with van der Waals surface area (Å²) in [6, 6.07) is 8.15. The van der Waals surface area contributed by atoms with E-state index in [4.69, 9.17) is 5.73 Å². The fourth-order valence-corrected chi connectivity index (χ4v) is 3.68. The molecule has 1 unspecified atom stereocenters. The molecule has 1 aromatic rings. The second kappa shape index (κ2) is 7.25. The van der Waals surface area contributed by atoms with Gasteiger partial charge in [-0.1, -0.05) is 18.6 Å². The summed E-state index contributed by atoms with van der Waals surface area (Å²) < 4.78 is 0. The number of hydrogen-bond acceptors (Lipinski definition) is 3. The van der Waals surface area contributed by atoms with Gasteiger partial charge in [-0.2, -0.15) is 0 Å². The average molecular weight is 301 g/mol. The molecule has 0 aliphatic carbocycles. The third-order valence-electron chi connectivity index (χ3n) is 4.99. The molecule has 2 fully saturated rings. The number of nitrogens with zero attached hydrogens (tertiary/aromatic N) is 2. The van der Waals surface area contributed by atoms with Crippen LogP contribution in [0.2, 0.25) is 0 Å². The Morgan fingerprint density at radius 2 is 1.77 bits per heavy atom. The van der Waals surface area contributed by atoms with Crippen molar-refractivity contribution in [1.82, 2.24) is 9.80 Å². The van der Waals surface area contributed by atoms with Crippen LogP contribution in [0.15, 0.2) is 24.3 Å². The predicted octanol–water partition coefficient (Wildman–Crippen LogP) is 2.24. The lowest BCUT2D eigenvalue weighted by atomic mass is 10.1. The van der Waals surface area contributed by atoms with E-state index < -0.39 is 0 Å². The topological polar surface area (TPSA) is 49.6 Å². The smallest absolute Gasteiger partial charge is 0.254 e. The van der Waals surface area contributed by atoms with E-state index in [1.807, 2.05) is 24.3 Å². The SMILES string of the molecule is NCc1ccc(C(=O)N2CCCC2CN2CCCCC2)cc1. The van der Waals surface area contributed by atoms with Crippen molar-refractivity contribution in [2.75, 3.05) is 26.2 Å². The van der Waals surface area contributed by atoms with Gasteiger partial charge < -0.3 is 15.5 Å². The number of benzene rings is 1. The molecular weight excluding hydrogens is 274 g/mol. The van der Waals surface area contributed by atoms with Gasteiger partial charge in [-0.25, -0.2) is 0 Å². The minimum Gasteiger partial charge on any atom is -0.334 e. The van der Waals surface area contributed by atoms with Crippen molar-refractivity contribution >= 4 is 5.91 Å². The maximum atomic E-state index is 12.8. The molecule has 0 bridgehead atoms. The first kappa shape index (κ1) is 15.5. The predicted molar refractivity (Wildman–Crippen MR) is 88.7 cm³/mol. The van der Waals surface area contributed by atoms with Crippen LogP contribution in [-0.4, -0.2) is 47.9 Å². The molecule has 3 rings (SSSR count).